The molecule has 6 heteroatoms. The van der Waals surface area contributed by atoms with Crippen LogP contribution in [0.2, 0.25) is 0 Å². The van der Waals surface area contributed by atoms with Crippen LogP contribution < -0.4 is 15.4 Å². The number of imide groups is 1. The van der Waals surface area contributed by atoms with Gasteiger partial charge in [0.05, 0.1) is 0 Å². The number of carbonyl (C=O) groups excluding carboxylic acids is 3. The fraction of sp³-hybridized carbons (Fsp3) is 0.500. The van der Waals surface area contributed by atoms with E-state index >= 15 is 0 Å². The van der Waals surface area contributed by atoms with Gasteiger partial charge in [0.1, 0.15) is 5.75 Å². The SMILES string of the molecule is CC(=O)c1cccc(O[C@@H](C)C(=O)NC(=O)NC2CCCCC2)c1. The van der Waals surface area contributed by atoms with Crippen LogP contribution in [-0.4, -0.2) is 29.9 Å². The summed E-state index contributed by atoms with van der Waals surface area (Å²) in [4.78, 5) is 35.3. The molecule has 6 nitrogen and oxygen atoms in total. The van der Waals surface area contributed by atoms with Crippen molar-refractivity contribution in [3.05, 3.63) is 29.8 Å². The molecule has 2 rings (SSSR count). The van der Waals surface area contributed by atoms with Crippen molar-refractivity contribution >= 4 is 17.7 Å². The maximum atomic E-state index is 12.1. The minimum atomic E-state index is -0.843. The Labute approximate surface area is 142 Å². The van der Waals surface area contributed by atoms with Crippen LogP contribution in [0.4, 0.5) is 4.79 Å². The van der Waals surface area contributed by atoms with Gasteiger partial charge < -0.3 is 10.1 Å². The Morgan fingerprint density at radius 1 is 1.17 bits per heavy atom. The summed E-state index contributed by atoms with van der Waals surface area (Å²) in [6.07, 6.45) is 4.46. The summed E-state index contributed by atoms with van der Waals surface area (Å²) in [6, 6.07) is 6.26. The second kappa shape index (κ2) is 8.47. The maximum absolute atomic E-state index is 12.1. The van der Waals surface area contributed by atoms with E-state index in [4.69, 9.17) is 4.74 Å². The van der Waals surface area contributed by atoms with Crippen LogP contribution in [0.25, 0.3) is 0 Å². The van der Waals surface area contributed by atoms with Crippen LogP contribution in [0.15, 0.2) is 24.3 Å². The zero-order chi connectivity index (χ0) is 17.5. The van der Waals surface area contributed by atoms with Gasteiger partial charge in [-0.3, -0.25) is 14.9 Å². The maximum Gasteiger partial charge on any atom is 0.321 e. The molecular formula is C18H24N2O4. The molecule has 1 aliphatic carbocycles. The third-order valence-electron chi connectivity index (χ3n) is 4.10. The fourth-order valence-electron chi connectivity index (χ4n) is 2.73. The molecule has 24 heavy (non-hydrogen) atoms. The molecular weight excluding hydrogens is 308 g/mol. The van der Waals surface area contributed by atoms with Gasteiger partial charge >= 0.3 is 6.03 Å². The van der Waals surface area contributed by atoms with Gasteiger partial charge in [-0.1, -0.05) is 31.4 Å². The molecule has 0 aromatic heterocycles. The Bertz CT molecular complexity index is 609. The Morgan fingerprint density at radius 3 is 2.54 bits per heavy atom. The van der Waals surface area contributed by atoms with Crippen LogP contribution in [0, 0.1) is 0 Å². The molecule has 0 heterocycles. The average Bonchev–Trinajstić information content (AvgIpc) is 2.55. The van der Waals surface area contributed by atoms with E-state index < -0.39 is 18.0 Å². The first-order valence-electron chi connectivity index (χ1n) is 8.34. The van der Waals surface area contributed by atoms with Crippen molar-refractivity contribution in [3.63, 3.8) is 0 Å². The van der Waals surface area contributed by atoms with Crippen molar-refractivity contribution in [2.24, 2.45) is 0 Å². The van der Waals surface area contributed by atoms with E-state index in [1.54, 1.807) is 31.2 Å². The highest BCUT2D eigenvalue weighted by molar-refractivity contribution is 5.96. The first-order valence-corrected chi connectivity index (χ1v) is 8.34. The van der Waals surface area contributed by atoms with Gasteiger partial charge in [-0.15, -0.1) is 0 Å². The number of benzene rings is 1. The summed E-state index contributed by atoms with van der Waals surface area (Å²) in [6.45, 7) is 3.02. The highest BCUT2D eigenvalue weighted by Crippen LogP contribution is 2.17. The number of ether oxygens (including phenoxy) is 1. The van der Waals surface area contributed by atoms with Crippen molar-refractivity contribution in [3.8, 4) is 5.75 Å². The first-order chi connectivity index (χ1) is 11.5. The number of carbonyl (C=O) groups is 3. The molecule has 130 valence electrons. The molecule has 0 unspecified atom stereocenters. The smallest absolute Gasteiger partial charge is 0.321 e. The van der Waals surface area contributed by atoms with Crippen LogP contribution in [-0.2, 0) is 4.79 Å². The molecule has 1 aromatic carbocycles. The van der Waals surface area contributed by atoms with Crippen LogP contribution in [0.5, 0.6) is 5.75 Å². The zero-order valence-electron chi connectivity index (χ0n) is 14.1. The Balaban J connectivity index is 1.84. The summed E-state index contributed by atoms with van der Waals surface area (Å²) < 4.78 is 5.51. The van der Waals surface area contributed by atoms with E-state index in [2.05, 4.69) is 10.6 Å². The number of ketones is 1. The largest absolute Gasteiger partial charge is 0.481 e. The van der Waals surface area contributed by atoms with Gasteiger partial charge in [-0.05, 0) is 38.8 Å². The Morgan fingerprint density at radius 2 is 1.88 bits per heavy atom. The zero-order valence-corrected chi connectivity index (χ0v) is 14.1. The second-order valence-electron chi connectivity index (χ2n) is 6.14. The standard InChI is InChI=1S/C18H24N2O4/c1-12(21)14-7-6-10-16(11-14)24-13(2)17(22)20-18(23)19-15-8-4-3-5-9-15/h6-7,10-11,13,15H,3-5,8-9H2,1-2H3,(H2,19,20,22,23)/t13-/m0/s1. The van der Waals surface area contributed by atoms with Gasteiger partial charge in [-0.25, -0.2) is 4.79 Å². The number of urea groups is 1. The van der Waals surface area contributed by atoms with E-state index in [1.807, 2.05) is 0 Å². The molecule has 0 saturated heterocycles. The first kappa shape index (κ1) is 18.0. The van der Waals surface area contributed by atoms with Gasteiger partial charge in [0.2, 0.25) is 0 Å². The van der Waals surface area contributed by atoms with Gasteiger partial charge in [0.15, 0.2) is 11.9 Å². The number of Topliss-reactive ketones (excluding diaryl/α,β-unsaturated/α-hetero) is 1. The Kier molecular flexibility index (Phi) is 6.35. The lowest BCUT2D eigenvalue weighted by atomic mass is 9.96. The number of rotatable bonds is 5. The van der Waals surface area contributed by atoms with E-state index in [1.165, 1.54) is 13.3 Å². The van der Waals surface area contributed by atoms with E-state index in [0.717, 1.165) is 25.7 Å². The molecule has 2 N–H and O–H groups in total. The van der Waals surface area contributed by atoms with E-state index in [-0.39, 0.29) is 11.8 Å². The highest BCUT2D eigenvalue weighted by Gasteiger charge is 2.20. The molecule has 1 saturated carbocycles. The summed E-state index contributed by atoms with van der Waals surface area (Å²) in [5.41, 5.74) is 0.509. The third kappa shape index (κ3) is 5.37. The molecule has 0 radical (unpaired) electrons. The molecule has 1 fully saturated rings. The quantitative estimate of drug-likeness (QED) is 0.812. The Hall–Kier alpha value is -2.37. The van der Waals surface area contributed by atoms with Crippen molar-refractivity contribution in [2.45, 2.75) is 58.1 Å². The van der Waals surface area contributed by atoms with Crippen LogP contribution in [0.3, 0.4) is 0 Å². The second-order valence-corrected chi connectivity index (χ2v) is 6.14. The molecule has 1 aliphatic rings. The topological polar surface area (TPSA) is 84.5 Å². The number of amides is 3. The summed E-state index contributed by atoms with van der Waals surface area (Å²) >= 11 is 0. The van der Waals surface area contributed by atoms with Gasteiger partial charge in [0, 0.05) is 11.6 Å². The summed E-state index contributed by atoms with van der Waals surface area (Å²) in [5, 5.41) is 5.13. The molecule has 1 aromatic rings. The lowest BCUT2D eigenvalue weighted by molar-refractivity contribution is -0.126. The van der Waals surface area contributed by atoms with Crippen molar-refractivity contribution < 1.29 is 19.1 Å². The fourth-order valence-corrected chi connectivity index (χ4v) is 2.73. The molecule has 3 amide bonds. The van der Waals surface area contributed by atoms with Gasteiger partial charge in [-0.2, -0.15) is 0 Å². The molecule has 1 atom stereocenters. The van der Waals surface area contributed by atoms with Crippen molar-refractivity contribution in [2.75, 3.05) is 0 Å². The molecule has 0 aliphatic heterocycles. The van der Waals surface area contributed by atoms with Crippen LogP contribution >= 0.6 is 0 Å². The minimum absolute atomic E-state index is 0.0792. The third-order valence-corrected chi connectivity index (χ3v) is 4.10. The number of hydrogen-bond donors (Lipinski definition) is 2. The van der Waals surface area contributed by atoms with E-state index in [9.17, 15) is 14.4 Å². The predicted molar refractivity (Wildman–Crippen MR) is 90.1 cm³/mol. The summed E-state index contributed by atoms with van der Waals surface area (Å²) in [5.74, 6) is -0.181. The lowest BCUT2D eigenvalue weighted by Crippen LogP contribution is -2.48. The van der Waals surface area contributed by atoms with Crippen molar-refractivity contribution in [1.29, 1.82) is 0 Å². The van der Waals surface area contributed by atoms with Crippen LogP contribution in [0.1, 0.15) is 56.3 Å². The lowest BCUT2D eigenvalue weighted by Gasteiger charge is -2.23. The van der Waals surface area contributed by atoms with Gasteiger partial charge in [0.25, 0.3) is 5.91 Å². The highest BCUT2D eigenvalue weighted by atomic mass is 16.5. The minimum Gasteiger partial charge on any atom is -0.481 e. The van der Waals surface area contributed by atoms with E-state index in [0.29, 0.717) is 11.3 Å². The predicted octanol–water partition coefficient (Wildman–Crippen LogP) is 2.82. The monoisotopic (exact) mass is 332 g/mol. The number of hydrogen-bond acceptors (Lipinski definition) is 4. The summed E-state index contributed by atoms with van der Waals surface area (Å²) in [7, 11) is 0. The molecule has 0 bridgehead atoms. The van der Waals surface area contributed by atoms with Crippen molar-refractivity contribution in [1.82, 2.24) is 10.6 Å². The average molecular weight is 332 g/mol. The number of nitrogens with one attached hydrogen (secondary N) is 2. The normalized spacial score (nSPS) is 16.1. The molecule has 0 spiro atoms.